The summed E-state index contributed by atoms with van der Waals surface area (Å²) in [5.74, 6) is -1.84. The van der Waals surface area contributed by atoms with Crippen molar-refractivity contribution >= 4 is 35.5 Å². The molecule has 0 radical (unpaired) electrons. The molecule has 0 heterocycles. The first-order valence-corrected chi connectivity index (χ1v) is 11.6. The van der Waals surface area contributed by atoms with Gasteiger partial charge in [0.2, 0.25) is 17.7 Å². The maximum atomic E-state index is 12.5. The summed E-state index contributed by atoms with van der Waals surface area (Å²) < 4.78 is 0. The number of carboxylic acid groups (broad SMARTS) is 1. The molecule has 8 N–H and O–H groups in total. The van der Waals surface area contributed by atoms with Gasteiger partial charge in [0.25, 0.3) is 0 Å². The number of hydrogen-bond donors (Lipinski definition) is 6. The third-order valence-corrected chi connectivity index (χ3v) is 4.96. The van der Waals surface area contributed by atoms with Gasteiger partial charge in [0.15, 0.2) is 0 Å². The third-order valence-electron chi connectivity index (χ3n) is 4.31. The molecule has 0 bridgehead atoms. The van der Waals surface area contributed by atoms with Crippen LogP contribution in [0.25, 0.3) is 0 Å². The molecule has 0 aliphatic carbocycles. The van der Waals surface area contributed by atoms with Gasteiger partial charge in [-0.2, -0.15) is 11.8 Å². The fraction of sp³-hybridized carbons (Fsp3) is 0.789. The molecule has 11 heteroatoms. The molecule has 3 atom stereocenters. The lowest BCUT2D eigenvalue weighted by molar-refractivity contribution is -0.142. The van der Waals surface area contributed by atoms with E-state index in [1.54, 1.807) is 11.8 Å². The topological polar surface area (TPSA) is 177 Å². The molecule has 0 aromatic rings. The zero-order valence-corrected chi connectivity index (χ0v) is 18.9. The minimum atomic E-state index is -1.14. The van der Waals surface area contributed by atoms with Crippen LogP contribution in [0.1, 0.15) is 46.0 Å². The Bertz CT molecular complexity index is 561. The molecule has 3 amide bonds. The van der Waals surface area contributed by atoms with Gasteiger partial charge in [-0.05, 0) is 56.6 Å². The van der Waals surface area contributed by atoms with E-state index < -0.39 is 41.8 Å². The summed E-state index contributed by atoms with van der Waals surface area (Å²) in [5, 5.41) is 16.7. The molecule has 3 unspecified atom stereocenters. The SMILES string of the molecule is CSCCC(N)C(=O)NC(CC(C)C)C(=O)NCC(=O)NC(CCCCN)C(=O)O. The average Bonchev–Trinajstić information content (AvgIpc) is 2.68. The molecule has 0 rings (SSSR count). The van der Waals surface area contributed by atoms with Gasteiger partial charge in [-0.15, -0.1) is 0 Å². The number of carbonyl (C=O) groups is 4. The molecule has 10 nitrogen and oxygen atoms in total. The van der Waals surface area contributed by atoms with Gasteiger partial charge in [-0.3, -0.25) is 14.4 Å². The van der Waals surface area contributed by atoms with E-state index in [2.05, 4.69) is 16.0 Å². The van der Waals surface area contributed by atoms with Gasteiger partial charge in [-0.1, -0.05) is 13.8 Å². The monoisotopic (exact) mass is 447 g/mol. The van der Waals surface area contributed by atoms with Crippen LogP contribution in [0.3, 0.4) is 0 Å². The smallest absolute Gasteiger partial charge is 0.326 e. The maximum Gasteiger partial charge on any atom is 0.326 e. The van der Waals surface area contributed by atoms with Crippen LogP contribution >= 0.6 is 11.8 Å². The number of aliphatic carboxylic acids is 1. The summed E-state index contributed by atoms with van der Waals surface area (Å²) in [7, 11) is 0. The quantitative estimate of drug-likeness (QED) is 0.170. The lowest BCUT2D eigenvalue weighted by atomic mass is 10.0. The number of carbonyl (C=O) groups excluding carboxylic acids is 3. The first kappa shape index (κ1) is 28.1. The summed E-state index contributed by atoms with van der Waals surface area (Å²) in [5.41, 5.74) is 11.2. The van der Waals surface area contributed by atoms with Crippen molar-refractivity contribution in [2.24, 2.45) is 17.4 Å². The van der Waals surface area contributed by atoms with E-state index >= 15 is 0 Å². The first-order valence-electron chi connectivity index (χ1n) is 10.2. The second-order valence-electron chi connectivity index (χ2n) is 7.54. The van der Waals surface area contributed by atoms with Crippen molar-refractivity contribution in [3.63, 3.8) is 0 Å². The number of nitrogens with one attached hydrogen (secondary N) is 3. The summed E-state index contributed by atoms with van der Waals surface area (Å²) in [4.78, 5) is 48.1. The Balaban J connectivity index is 4.73. The normalized spacial score (nSPS) is 13.9. The molecule has 174 valence electrons. The van der Waals surface area contributed by atoms with Crippen molar-refractivity contribution in [2.75, 3.05) is 25.1 Å². The van der Waals surface area contributed by atoms with E-state index in [1.165, 1.54) is 0 Å². The Morgan fingerprint density at radius 1 is 1.00 bits per heavy atom. The van der Waals surface area contributed by atoms with Gasteiger partial charge in [0.1, 0.15) is 12.1 Å². The lowest BCUT2D eigenvalue weighted by Crippen LogP contribution is -2.53. The molecule has 0 fully saturated rings. The van der Waals surface area contributed by atoms with E-state index in [9.17, 15) is 24.3 Å². The van der Waals surface area contributed by atoms with Crippen LogP contribution in [0.15, 0.2) is 0 Å². The second-order valence-corrected chi connectivity index (χ2v) is 8.52. The minimum absolute atomic E-state index is 0.122. The second kappa shape index (κ2) is 15.9. The Labute approximate surface area is 182 Å². The average molecular weight is 448 g/mol. The zero-order valence-electron chi connectivity index (χ0n) is 18.1. The fourth-order valence-corrected chi connectivity index (χ4v) is 3.13. The summed E-state index contributed by atoms with van der Waals surface area (Å²) in [6.45, 7) is 3.87. The Morgan fingerprint density at radius 3 is 2.20 bits per heavy atom. The molecule has 0 aromatic heterocycles. The van der Waals surface area contributed by atoms with Gasteiger partial charge >= 0.3 is 5.97 Å². The largest absolute Gasteiger partial charge is 0.480 e. The molecule has 0 saturated carbocycles. The van der Waals surface area contributed by atoms with Crippen LogP contribution in [0.2, 0.25) is 0 Å². The number of rotatable bonds is 16. The maximum absolute atomic E-state index is 12.5. The lowest BCUT2D eigenvalue weighted by Gasteiger charge is -2.22. The number of nitrogens with two attached hydrogens (primary N) is 2. The van der Waals surface area contributed by atoms with Gasteiger partial charge in [-0.25, -0.2) is 4.79 Å². The number of unbranched alkanes of at least 4 members (excludes halogenated alkanes) is 1. The standard InChI is InChI=1S/C19H37N5O5S/c1-12(2)10-15(24-17(26)13(21)7-9-30-3)18(27)22-11-16(25)23-14(19(28)29)6-4-5-8-20/h12-15H,4-11,20-21H2,1-3H3,(H,22,27)(H,23,25)(H,24,26)(H,28,29). The predicted octanol–water partition coefficient (Wildman–Crippen LogP) is -0.588. The minimum Gasteiger partial charge on any atom is -0.480 e. The molecule has 0 spiro atoms. The number of thioether (sulfide) groups is 1. The zero-order chi connectivity index (χ0) is 23.1. The van der Waals surface area contributed by atoms with Crippen LogP contribution in [0, 0.1) is 5.92 Å². The van der Waals surface area contributed by atoms with Crippen molar-refractivity contribution in [3.8, 4) is 0 Å². The Kier molecular flexibility index (Phi) is 14.9. The van der Waals surface area contributed by atoms with Crippen LogP contribution in [0.4, 0.5) is 0 Å². The fourth-order valence-electron chi connectivity index (χ4n) is 2.64. The van der Waals surface area contributed by atoms with Gasteiger partial charge in [0.05, 0.1) is 12.6 Å². The highest BCUT2D eigenvalue weighted by Crippen LogP contribution is 2.06. The van der Waals surface area contributed by atoms with E-state index in [0.29, 0.717) is 32.2 Å². The highest BCUT2D eigenvalue weighted by Gasteiger charge is 2.25. The molecular formula is C19H37N5O5S. The Hall–Kier alpha value is -1.85. The van der Waals surface area contributed by atoms with Crippen molar-refractivity contribution in [1.29, 1.82) is 0 Å². The molecule has 0 saturated heterocycles. The van der Waals surface area contributed by atoms with Crippen LogP contribution in [-0.2, 0) is 19.2 Å². The van der Waals surface area contributed by atoms with Gasteiger partial charge < -0.3 is 32.5 Å². The first-order chi connectivity index (χ1) is 14.1. The number of carboxylic acids is 1. The molecule has 30 heavy (non-hydrogen) atoms. The third kappa shape index (κ3) is 12.7. The predicted molar refractivity (Wildman–Crippen MR) is 118 cm³/mol. The molecular weight excluding hydrogens is 410 g/mol. The van der Waals surface area contributed by atoms with E-state index in [0.717, 1.165) is 5.75 Å². The summed E-state index contributed by atoms with van der Waals surface area (Å²) in [6, 6.07) is -2.58. The van der Waals surface area contributed by atoms with E-state index in [1.807, 2.05) is 20.1 Å². The van der Waals surface area contributed by atoms with Crippen LogP contribution in [-0.4, -0.2) is 72.0 Å². The van der Waals surface area contributed by atoms with Crippen molar-refractivity contribution in [3.05, 3.63) is 0 Å². The van der Waals surface area contributed by atoms with Crippen LogP contribution in [0.5, 0.6) is 0 Å². The van der Waals surface area contributed by atoms with Crippen molar-refractivity contribution in [1.82, 2.24) is 16.0 Å². The van der Waals surface area contributed by atoms with E-state index in [-0.39, 0.29) is 18.9 Å². The molecule has 0 aromatic carbocycles. The van der Waals surface area contributed by atoms with Crippen molar-refractivity contribution in [2.45, 2.75) is 64.1 Å². The highest BCUT2D eigenvalue weighted by atomic mass is 32.2. The van der Waals surface area contributed by atoms with Crippen molar-refractivity contribution < 1.29 is 24.3 Å². The van der Waals surface area contributed by atoms with Gasteiger partial charge in [0, 0.05) is 0 Å². The highest BCUT2D eigenvalue weighted by molar-refractivity contribution is 7.98. The number of hydrogen-bond acceptors (Lipinski definition) is 7. The van der Waals surface area contributed by atoms with Crippen LogP contribution < -0.4 is 27.4 Å². The van der Waals surface area contributed by atoms with E-state index in [4.69, 9.17) is 11.5 Å². The summed E-state index contributed by atoms with van der Waals surface area (Å²) in [6.07, 6.45) is 4.27. The summed E-state index contributed by atoms with van der Waals surface area (Å²) >= 11 is 1.58. The molecule has 0 aliphatic heterocycles. The molecule has 0 aliphatic rings. The number of amides is 3. The Morgan fingerprint density at radius 2 is 1.67 bits per heavy atom.